The van der Waals surface area contributed by atoms with Crippen LogP contribution in [0.15, 0.2) is 54.7 Å². The number of rotatable bonds is 4. The smallest absolute Gasteiger partial charge is 0.406 e. The van der Waals surface area contributed by atoms with Gasteiger partial charge in [-0.25, -0.2) is 9.69 Å². The lowest BCUT2D eigenvalue weighted by Gasteiger charge is -2.24. The first-order valence-corrected chi connectivity index (χ1v) is 10.6. The van der Waals surface area contributed by atoms with E-state index in [-0.39, 0.29) is 11.6 Å². The summed E-state index contributed by atoms with van der Waals surface area (Å²) >= 11 is 0. The third-order valence-electron chi connectivity index (χ3n) is 6.42. The number of aromatic nitrogens is 1. The van der Waals surface area contributed by atoms with Crippen molar-refractivity contribution in [3.8, 4) is 5.75 Å². The molecule has 1 saturated carbocycles. The standard InChI is InChI=1S/C24H21F3N4O3/c1-14-13-23(14)21(32)30(15-4-7-17(8-5-15)34-24(25,26)27)22(33)31(23)20-10-11-28-19-12-16(29(2)3)6-9-18(19)20/h4-12,14H,13H2,1-3H3. The lowest BCUT2D eigenvalue weighted by Crippen LogP contribution is -2.39. The fraction of sp³-hybridized carbons (Fsp3) is 0.292. The topological polar surface area (TPSA) is 66.0 Å². The molecule has 1 aliphatic carbocycles. The molecule has 1 spiro atoms. The van der Waals surface area contributed by atoms with Crippen LogP contribution in [0.25, 0.3) is 10.9 Å². The van der Waals surface area contributed by atoms with E-state index in [4.69, 9.17) is 0 Å². The van der Waals surface area contributed by atoms with Crippen LogP contribution in [0.4, 0.5) is 35.0 Å². The summed E-state index contributed by atoms with van der Waals surface area (Å²) in [6.07, 6.45) is -2.75. The summed E-state index contributed by atoms with van der Waals surface area (Å²) in [4.78, 5) is 36.1. The van der Waals surface area contributed by atoms with Gasteiger partial charge < -0.3 is 9.64 Å². The molecular formula is C24H21F3N4O3. The Morgan fingerprint density at radius 2 is 1.76 bits per heavy atom. The molecular weight excluding hydrogens is 449 g/mol. The maximum atomic E-state index is 13.6. The molecule has 5 rings (SSSR count). The highest BCUT2D eigenvalue weighted by Gasteiger charge is 2.70. The van der Waals surface area contributed by atoms with Gasteiger partial charge >= 0.3 is 12.4 Å². The van der Waals surface area contributed by atoms with E-state index in [0.717, 1.165) is 28.1 Å². The van der Waals surface area contributed by atoms with Crippen molar-refractivity contribution >= 4 is 39.9 Å². The molecule has 1 saturated heterocycles. The molecule has 1 aliphatic heterocycles. The first kappa shape index (κ1) is 22.0. The number of benzene rings is 2. The fourth-order valence-electron chi connectivity index (χ4n) is 4.60. The van der Waals surface area contributed by atoms with Crippen LogP contribution in [0, 0.1) is 5.92 Å². The van der Waals surface area contributed by atoms with Crippen molar-refractivity contribution in [1.29, 1.82) is 0 Å². The van der Waals surface area contributed by atoms with E-state index in [2.05, 4.69) is 9.72 Å². The van der Waals surface area contributed by atoms with E-state index in [1.54, 1.807) is 12.3 Å². The summed E-state index contributed by atoms with van der Waals surface area (Å²) in [6, 6.07) is 11.6. The number of hydrogen-bond acceptors (Lipinski definition) is 5. The van der Waals surface area contributed by atoms with Gasteiger partial charge in [0.1, 0.15) is 11.3 Å². The second-order valence-electron chi connectivity index (χ2n) is 8.76. The minimum absolute atomic E-state index is 0.0777. The molecule has 10 heteroatoms. The maximum absolute atomic E-state index is 13.6. The quantitative estimate of drug-likeness (QED) is 0.505. The average molecular weight is 470 g/mol. The largest absolute Gasteiger partial charge is 0.573 e. The van der Waals surface area contributed by atoms with E-state index in [9.17, 15) is 22.8 Å². The number of carbonyl (C=O) groups excluding carboxylic acids is 2. The van der Waals surface area contributed by atoms with Gasteiger partial charge in [-0.3, -0.25) is 14.7 Å². The van der Waals surface area contributed by atoms with Crippen molar-refractivity contribution in [2.75, 3.05) is 28.8 Å². The van der Waals surface area contributed by atoms with Crippen LogP contribution in [0.5, 0.6) is 5.75 Å². The van der Waals surface area contributed by atoms with Crippen molar-refractivity contribution < 1.29 is 27.5 Å². The van der Waals surface area contributed by atoms with Crippen LogP contribution in [0.1, 0.15) is 13.3 Å². The predicted octanol–water partition coefficient (Wildman–Crippen LogP) is 4.95. The van der Waals surface area contributed by atoms with Crippen LogP contribution in [0.3, 0.4) is 0 Å². The number of hydrogen-bond donors (Lipinski definition) is 0. The van der Waals surface area contributed by atoms with Gasteiger partial charge in [0.15, 0.2) is 0 Å². The molecule has 2 heterocycles. The van der Waals surface area contributed by atoms with E-state index in [1.165, 1.54) is 17.0 Å². The molecule has 0 N–H and O–H groups in total. The van der Waals surface area contributed by atoms with Gasteiger partial charge in [-0.15, -0.1) is 13.2 Å². The Morgan fingerprint density at radius 3 is 2.35 bits per heavy atom. The molecule has 2 aliphatic rings. The first-order valence-electron chi connectivity index (χ1n) is 10.6. The van der Waals surface area contributed by atoms with Gasteiger partial charge in [0.05, 0.1) is 16.9 Å². The molecule has 0 radical (unpaired) electrons. The van der Waals surface area contributed by atoms with E-state index in [1.807, 2.05) is 44.1 Å². The second-order valence-corrected chi connectivity index (χ2v) is 8.76. The zero-order valence-corrected chi connectivity index (χ0v) is 18.6. The molecule has 3 aromatic rings. The molecule has 7 nitrogen and oxygen atoms in total. The van der Waals surface area contributed by atoms with E-state index >= 15 is 0 Å². The number of fused-ring (bicyclic) bond motifs is 1. The molecule has 176 valence electrons. The Labute approximate surface area is 193 Å². The van der Waals surface area contributed by atoms with Gasteiger partial charge in [-0.2, -0.15) is 0 Å². The summed E-state index contributed by atoms with van der Waals surface area (Å²) in [7, 11) is 3.83. The Kier molecular flexibility index (Phi) is 4.75. The van der Waals surface area contributed by atoms with E-state index in [0.29, 0.717) is 17.6 Å². The lowest BCUT2D eigenvalue weighted by atomic mass is 10.1. The molecule has 0 bridgehead atoms. The number of ether oxygens (including phenoxy) is 1. The Morgan fingerprint density at radius 1 is 1.09 bits per heavy atom. The number of anilines is 3. The van der Waals surface area contributed by atoms with Gasteiger partial charge in [-0.05, 0) is 60.9 Å². The summed E-state index contributed by atoms with van der Waals surface area (Å²) in [5, 5.41) is 0.725. The number of nitrogens with zero attached hydrogens (tertiary/aromatic N) is 4. The van der Waals surface area contributed by atoms with Gasteiger partial charge in [0.2, 0.25) is 0 Å². The van der Waals surface area contributed by atoms with Crippen LogP contribution in [0.2, 0.25) is 0 Å². The zero-order chi connectivity index (χ0) is 24.4. The summed E-state index contributed by atoms with van der Waals surface area (Å²) in [5.74, 6) is -0.908. The zero-order valence-electron chi connectivity index (χ0n) is 18.6. The normalized spacial score (nSPS) is 22.1. The number of pyridine rings is 1. The van der Waals surface area contributed by atoms with Crippen molar-refractivity contribution in [3.05, 3.63) is 54.7 Å². The predicted molar refractivity (Wildman–Crippen MR) is 121 cm³/mol. The number of imide groups is 1. The summed E-state index contributed by atoms with van der Waals surface area (Å²) in [5.41, 5.74) is 1.33. The van der Waals surface area contributed by atoms with Gasteiger partial charge in [0.25, 0.3) is 5.91 Å². The number of urea groups is 1. The third-order valence-corrected chi connectivity index (χ3v) is 6.42. The highest BCUT2D eigenvalue weighted by molar-refractivity contribution is 6.33. The Bertz CT molecular complexity index is 1310. The summed E-state index contributed by atoms with van der Waals surface area (Å²) < 4.78 is 41.4. The highest BCUT2D eigenvalue weighted by atomic mass is 19.4. The SMILES string of the molecule is CC1CC12C(=O)N(c1ccc(OC(F)(F)F)cc1)C(=O)N2c1ccnc2cc(N(C)C)ccc12. The monoisotopic (exact) mass is 470 g/mol. The third kappa shape index (κ3) is 3.32. The Hall–Kier alpha value is -3.82. The molecule has 34 heavy (non-hydrogen) atoms. The van der Waals surface area contributed by atoms with E-state index < -0.39 is 29.6 Å². The number of carbonyl (C=O) groups is 2. The van der Waals surface area contributed by atoms with Gasteiger partial charge in [0, 0.05) is 31.4 Å². The first-order chi connectivity index (χ1) is 16.0. The number of amides is 3. The highest BCUT2D eigenvalue weighted by Crippen LogP contribution is 2.56. The maximum Gasteiger partial charge on any atom is 0.573 e. The van der Waals surface area contributed by atoms with Crippen LogP contribution >= 0.6 is 0 Å². The van der Waals surface area contributed by atoms with Crippen molar-refractivity contribution in [1.82, 2.24) is 4.98 Å². The van der Waals surface area contributed by atoms with Crippen molar-refractivity contribution in [3.63, 3.8) is 0 Å². The summed E-state index contributed by atoms with van der Waals surface area (Å²) in [6.45, 7) is 1.90. The van der Waals surface area contributed by atoms with Crippen LogP contribution < -0.4 is 19.4 Å². The fourth-order valence-corrected chi connectivity index (χ4v) is 4.60. The second kappa shape index (κ2) is 7.34. The van der Waals surface area contributed by atoms with Crippen LogP contribution in [-0.4, -0.2) is 42.9 Å². The van der Waals surface area contributed by atoms with Gasteiger partial charge in [-0.1, -0.05) is 6.92 Å². The Balaban J connectivity index is 1.56. The minimum atomic E-state index is -4.83. The average Bonchev–Trinajstić information content (AvgIpc) is 3.39. The molecule has 3 amide bonds. The molecule has 1 aromatic heterocycles. The van der Waals surface area contributed by atoms with Crippen molar-refractivity contribution in [2.24, 2.45) is 5.92 Å². The number of halogens is 3. The molecule has 2 aromatic carbocycles. The molecule has 2 atom stereocenters. The van der Waals surface area contributed by atoms with Crippen molar-refractivity contribution in [2.45, 2.75) is 25.2 Å². The molecule has 2 fully saturated rings. The number of alkyl halides is 3. The molecule has 2 unspecified atom stereocenters. The van der Waals surface area contributed by atoms with Crippen LogP contribution in [-0.2, 0) is 4.79 Å². The lowest BCUT2D eigenvalue weighted by molar-refractivity contribution is -0.274. The minimum Gasteiger partial charge on any atom is -0.406 e.